The summed E-state index contributed by atoms with van der Waals surface area (Å²) >= 11 is 1.68. The van der Waals surface area contributed by atoms with Gasteiger partial charge in [0.05, 0.1) is 33.8 Å². The molecule has 0 N–H and O–H groups in total. The van der Waals surface area contributed by atoms with Gasteiger partial charge in [-0.05, 0) is 38.7 Å². The smallest absolute Gasteiger partial charge is 0.337 e. The molecule has 0 unspecified atom stereocenters. The highest BCUT2D eigenvalue weighted by molar-refractivity contribution is 7.62. The monoisotopic (exact) mass is 464 g/mol. The zero-order chi connectivity index (χ0) is 22.2. The Morgan fingerprint density at radius 2 is 1.91 bits per heavy atom. The molecule has 0 spiro atoms. The van der Waals surface area contributed by atoms with Crippen molar-refractivity contribution >= 4 is 52.4 Å². The van der Waals surface area contributed by atoms with Crippen molar-refractivity contribution in [3.05, 3.63) is 41.5 Å². The summed E-state index contributed by atoms with van der Waals surface area (Å²) in [5.74, 6) is 1.85. The van der Waals surface area contributed by atoms with E-state index in [2.05, 4.69) is 34.1 Å². The van der Waals surface area contributed by atoms with Gasteiger partial charge in [-0.15, -0.1) is 11.3 Å². The third-order valence-corrected chi connectivity index (χ3v) is 8.59. The molecule has 1 fully saturated rings. The van der Waals surface area contributed by atoms with E-state index in [-0.39, 0.29) is 5.97 Å². The van der Waals surface area contributed by atoms with E-state index in [0.29, 0.717) is 17.4 Å². The summed E-state index contributed by atoms with van der Waals surface area (Å²) < 4.78 is 5.91. The van der Waals surface area contributed by atoms with Crippen molar-refractivity contribution < 1.29 is 9.53 Å². The molecule has 32 heavy (non-hydrogen) atoms. The van der Waals surface area contributed by atoms with Gasteiger partial charge in [-0.1, -0.05) is 26.0 Å². The first kappa shape index (κ1) is 21.2. The Kier molecular flexibility index (Phi) is 5.78. The van der Waals surface area contributed by atoms with E-state index in [4.69, 9.17) is 9.73 Å². The fraction of sp³-hybridized carbons (Fsp3) is 0.375. The molecule has 2 aliphatic rings. The first-order chi connectivity index (χ1) is 15.5. The summed E-state index contributed by atoms with van der Waals surface area (Å²) in [6.45, 7) is 6.41. The molecule has 2 aliphatic heterocycles. The first-order valence-corrected chi connectivity index (χ1v) is 12.7. The number of carbonyl (C=O) groups excluding carboxylic acids is 1. The summed E-state index contributed by atoms with van der Waals surface area (Å²) in [5.41, 5.74) is 6.31. The number of piperidine rings is 1. The minimum Gasteiger partial charge on any atom is -0.465 e. The molecule has 4 heterocycles. The molecule has 0 aliphatic carbocycles. The molecule has 0 saturated carbocycles. The third kappa shape index (κ3) is 3.84. The Bertz CT molecular complexity index is 1220. The van der Waals surface area contributed by atoms with Gasteiger partial charge in [0.15, 0.2) is 0 Å². The van der Waals surface area contributed by atoms with Crippen LogP contribution in [0.3, 0.4) is 0 Å². The molecule has 164 valence electrons. The van der Waals surface area contributed by atoms with Crippen LogP contribution in [0.1, 0.15) is 37.0 Å². The lowest BCUT2D eigenvalue weighted by atomic mass is 9.96. The number of anilines is 1. The molecular weight excluding hydrogens is 439 g/mol. The van der Waals surface area contributed by atoms with Crippen LogP contribution in [0.5, 0.6) is 0 Å². The van der Waals surface area contributed by atoms with Crippen LogP contribution in [-0.2, 0) is 4.74 Å². The van der Waals surface area contributed by atoms with E-state index < -0.39 is 0 Å². The van der Waals surface area contributed by atoms with Gasteiger partial charge < -0.3 is 9.64 Å². The van der Waals surface area contributed by atoms with Gasteiger partial charge >= 0.3 is 5.97 Å². The molecule has 1 saturated heterocycles. The number of carbonyl (C=O) groups is 1. The number of thiophene rings is 1. The Hall–Kier alpha value is -2.63. The normalized spacial score (nSPS) is 17.2. The predicted octanol–water partition coefficient (Wildman–Crippen LogP) is 5.51. The van der Waals surface area contributed by atoms with Crippen molar-refractivity contribution in [1.29, 1.82) is 0 Å². The number of hydrogen-bond acceptors (Lipinski definition) is 7. The van der Waals surface area contributed by atoms with Crippen LogP contribution in [0.25, 0.3) is 21.3 Å². The zero-order valence-electron chi connectivity index (χ0n) is 18.4. The second-order valence-electron chi connectivity index (χ2n) is 8.45. The molecule has 0 amide bonds. The van der Waals surface area contributed by atoms with E-state index in [1.54, 1.807) is 29.8 Å². The van der Waals surface area contributed by atoms with Crippen LogP contribution in [0.2, 0.25) is 0 Å². The van der Waals surface area contributed by atoms with Crippen molar-refractivity contribution in [3.8, 4) is 11.1 Å². The Labute approximate surface area is 193 Å². The number of rotatable bonds is 5. The zero-order valence-corrected chi connectivity index (χ0v) is 20.1. The summed E-state index contributed by atoms with van der Waals surface area (Å²) in [4.78, 5) is 28.2. The minimum atomic E-state index is -0.328. The van der Waals surface area contributed by atoms with E-state index in [1.807, 2.05) is 12.1 Å². The van der Waals surface area contributed by atoms with E-state index in [1.165, 1.54) is 26.2 Å². The van der Waals surface area contributed by atoms with E-state index >= 15 is 0 Å². The van der Waals surface area contributed by atoms with E-state index in [9.17, 15) is 4.79 Å². The largest absolute Gasteiger partial charge is 0.465 e. The predicted molar refractivity (Wildman–Crippen MR) is 133 cm³/mol. The molecule has 1 aromatic carbocycles. The van der Waals surface area contributed by atoms with Crippen LogP contribution in [0.15, 0.2) is 41.0 Å². The quantitative estimate of drug-likeness (QED) is 0.368. The number of nitrogens with zero attached hydrogens (tertiary/aromatic N) is 4. The summed E-state index contributed by atoms with van der Waals surface area (Å²) in [7, 11) is 2.76. The van der Waals surface area contributed by atoms with Crippen LogP contribution in [0, 0.1) is 11.8 Å². The van der Waals surface area contributed by atoms with Gasteiger partial charge in [-0.2, -0.15) is 0 Å². The standard InChI is InChI=1S/C24H25N4O2PS/c1-14(2)22-27-23(31-22)16-8-10-28(11-9-16)21-20-19(25-13-26-21)18(12-32-20)15-4-6-17(7-5-15)24(29)30-3/h4-7,12-14,16H,8-11H2,1-3H3. The van der Waals surface area contributed by atoms with Gasteiger partial charge in [0.2, 0.25) is 0 Å². The second-order valence-corrected chi connectivity index (χ2v) is 10.5. The number of fused-ring (bicyclic) bond motifs is 1. The highest BCUT2D eigenvalue weighted by Gasteiger charge is 2.28. The van der Waals surface area contributed by atoms with Crippen LogP contribution in [-0.4, -0.2) is 47.0 Å². The number of aromatic nitrogens is 2. The number of esters is 1. The second kappa shape index (κ2) is 8.72. The average molecular weight is 465 g/mol. The van der Waals surface area contributed by atoms with Gasteiger partial charge in [0, 0.05) is 35.9 Å². The van der Waals surface area contributed by atoms with Gasteiger partial charge in [-0.25, -0.2) is 19.8 Å². The number of aliphatic imine (C=N–C) groups is 1. The molecule has 5 rings (SSSR count). The lowest BCUT2D eigenvalue weighted by Crippen LogP contribution is -2.37. The molecule has 2 aromatic heterocycles. The topological polar surface area (TPSA) is 67.7 Å². The van der Waals surface area contributed by atoms with Crippen molar-refractivity contribution in [3.63, 3.8) is 0 Å². The lowest BCUT2D eigenvalue weighted by Gasteiger charge is -2.34. The molecule has 3 aromatic rings. The van der Waals surface area contributed by atoms with Crippen LogP contribution < -0.4 is 4.90 Å². The highest BCUT2D eigenvalue weighted by Crippen LogP contribution is 2.39. The van der Waals surface area contributed by atoms with Gasteiger partial charge in [0.1, 0.15) is 12.1 Å². The van der Waals surface area contributed by atoms with Gasteiger partial charge in [0.25, 0.3) is 0 Å². The van der Waals surface area contributed by atoms with Crippen molar-refractivity contribution in [2.75, 3.05) is 25.1 Å². The van der Waals surface area contributed by atoms with Crippen molar-refractivity contribution in [1.82, 2.24) is 9.97 Å². The summed E-state index contributed by atoms with van der Waals surface area (Å²) in [6.07, 6.45) is 3.91. The number of methoxy groups -OCH3 is 1. The molecule has 6 nitrogen and oxygen atoms in total. The fourth-order valence-electron chi connectivity index (χ4n) is 4.20. The maximum atomic E-state index is 11.7. The Morgan fingerprint density at radius 1 is 1.19 bits per heavy atom. The maximum Gasteiger partial charge on any atom is 0.337 e. The van der Waals surface area contributed by atoms with Crippen molar-refractivity contribution in [2.24, 2.45) is 16.8 Å². The third-order valence-electron chi connectivity index (χ3n) is 6.09. The fourth-order valence-corrected chi connectivity index (χ4v) is 6.35. The number of ether oxygens (including phenoxy) is 1. The molecule has 0 radical (unpaired) electrons. The number of benzene rings is 1. The molecule has 8 heteroatoms. The first-order valence-electron chi connectivity index (χ1n) is 10.9. The average Bonchev–Trinajstić information content (AvgIpc) is 3.22. The van der Waals surface area contributed by atoms with E-state index in [0.717, 1.165) is 53.1 Å². The Morgan fingerprint density at radius 3 is 2.56 bits per heavy atom. The highest BCUT2D eigenvalue weighted by atomic mass is 32.1. The Balaban J connectivity index is 1.34. The minimum absolute atomic E-state index is 0.328. The summed E-state index contributed by atoms with van der Waals surface area (Å²) in [6, 6.07) is 7.48. The number of hydrogen-bond donors (Lipinski definition) is 0. The maximum absolute atomic E-state index is 11.7. The lowest BCUT2D eigenvalue weighted by molar-refractivity contribution is 0.0601. The van der Waals surface area contributed by atoms with Gasteiger partial charge in [-0.3, -0.25) is 0 Å². The van der Waals surface area contributed by atoms with Crippen LogP contribution in [0.4, 0.5) is 5.82 Å². The van der Waals surface area contributed by atoms with Crippen LogP contribution >= 0.6 is 19.5 Å². The summed E-state index contributed by atoms with van der Waals surface area (Å²) in [5, 5.41) is 2.13. The molecular formula is C24H25N4O2PS. The van der Waals surface area contributed by atoms with Crippen molar-refractivity contribution in [2.45, 2.75) is 26.7 Å². The molecule has 0 atom stereocenters. The molecule has 0 bridgehead atoms. The SMILES string of the molecule is COC(=O)c1ccc(-c2csc3c(N4CCC(C5=PC(C(C)C)=N5)CC4)ncnc23)cc1.